The van der Waals surface area contributed by atoms with Crippen LogP contribution in [0.25, 0.3) is 11.3 Å². The number of benzene rings is 2. The number of anilines is 3. The van der Waals surface area contributed by atoms with Gasteiger partial charge in [0.25, 0.3) is 0 Å². The maximum Gasteiger partial charge on any atom is 0.416 e. The lowest BCUT2D eigenvalue weighted by atomic mass is 9.83. The molecular weight excluding hydrogens is 519 g/mol. The van der Waals surface area contributed by atoms with E-state index in [1.165, 1.54) is 12.3 Å². The van der Waals surface area contributed by atoms with E-state index in [0.717, 1.165) is 18.2 Å². The fourth-order valence-electron chi connectivity index (χ4n) is 5.34. The molecule has 0 spiro atoms. The topological polar surface area (TPSA) is 100 Å². The molecule has 3 N–H and O–H groups in total. The Hall–Kier alpha value is -3.72. The fourth-order valence-corrected chi connectivity index (χ4v) is 5.34. The summed E-state index contributed by atoms with van der Waals surface area (Å²) in [6, 6.07) is 12.0. The van der Waals surface area contributed by atoms with E-state index in [4.69, 9.17) is 0 Å². The number of hydrogen-bond donors (Lipinski definition) is 3. The van der Waals surface area contributed by atoms with Gasteiger partial charge < -0.3 is 20.6 Å². The van der Waals surface area contributed by atoms with Crippen LogP contribution in [-0.4, -0.2) is 70.7 Å². The molecule has 0 amide bonds. The van der Waals surface area contributed by atoms with Crippen LogP contribution >= 0.6 is 0 Å². The second-order valence-electron chi connectivity index (χ2n) is 11.0. The Morgan fingerprint density at radius 3 is 2.73 bits per heavy atom. The summed E-state index contributed by atoms with van der Waals surface area (Å²) in [4.78, 5) is 13.0. The van der Waals surface area contributed by atoms with Gasteiger partial charge in [0.1, 0.15) is 6.07 Å². The van der Waals surface area contributed by atoms with E-state index in [2.05, 4.69) is 43.4 Å². The Balaban J connectivity index is 1.42. The number of hydrogen-bond acceptors (Lipinski definition) is 8. The average molecular weight is 552 g/mol. The molecule has 11 heteroatoms. The van der Waals surface area contributed by atoms with Crippen LogP contribution in [0.2, 0.25) is 0 Å². The molecule has 0 saturated carbocycles. The van der Waals surface area contributed by atoms with Gasteiger partial charge in [0.15, 0.2) is 0 Å². The minimum absolute atomic E-state index is 0.0940. The zero-order valence-electron chi connectivity index (χ0n) is 22.7. The standard InChI is InChI=1S/C29H32F3N7O/c1-18-14-39(9-8-38(18)3)15-19-4-5-22(12-23(19)29(30,31)32)36-27-34-7-6-25(37-27)20-10-21(13-33)26-24(11-20)28(2,17-40)16-35-26/h4-7,10-12,18,35,40H,8-9,14-17H2,1-3H3,(H,34,36,37). The van der Waals surface area contributed by atoms with Crippen molar-refractivity contribution in [1.29, 1.82) is 5.26 Å². The normalized spacial score (nSPS) is 21.5. The molecule has 0 aliphatic carbocycles. The van der Waals surface area contributed by atoms with Gasteiger partial charge in [-0.2, -0.15) is 18.4 Å². The molecule has 2 atom stereocenters. The Morgan fingerprint density at radius 2 is 2.02 bits per heavy atom. The molecule has 3 aromatic rings. The SMILES string of the molecule is CC1CN(Cc2ccc(Nc3nccc(-c4cc(C#N)c5c(c4)C(C)(CO)CN5)n3)cc2C(F)(F)F)CCN1C. The number of aliphatic hydroxyl groups excluding tert-OH is 1. The van der Waals surface area contributed by atoms with Gasteiger partial charge in [-0.05, 0) is 55.4 Å². The molecule has 40 heavy (non-hydrogen) atoms. The van der Waals surface area contributed by atoms with Crippen LogP contribution in [0.3, 0.4) is 0 Å². The monoisotopic (exact) mass is 551 g/mol. The van der Waals surface area contributed by atoms with Gasteiger partial charge in [0, 0.05) is 61.6 Å². The first kappa shape index (κ1) is 27.8. The lowest BCUT2D eigenvalue weighted by molar-refractivity contribution is -0.138. The molecule has 1 fully saturated rings. The van der Waals surface area contributed by atoms with Crippen molar-refractivity contribution in [3.63, 3.8) is 0 Å². The molecule has 0 bridgehead atoms. The fraction of sp³-hybridized carbons (Fsp3) is 0.414. The summed E-state index contributed by atoms with van der Waals surface area (Å²) < 4.78 is 42.2. The Morgan fingerprint density at radius 1 is 1.23 bits per heavy atom. The Labute approximate surface area is 231 Å². The summed E-state index contributed by atoms with van der Waals surface area (Å²) in [5, 5.41) is 25.8. The number of aromatic nitrogens is 2. The van der Waals surface area contributed by atoms with E-state index in [1.54, 1.807) is 18.2 Å². The Kier molecular flexibility index (Phi) is 7.44. The first-order chi connectivity index (χ1) is 19.0. The first-order valence-electron chi connectivity index (χ1n) is 13.2. The van der Waals surface area contributed by atoms with Crippen LogP contribution in [0, 0.1) is 11.3 Å². The molecule has 210 valence electrons. The van der Waals surface area contributed by atoms with Gasteiger partial charge in [-0.3, -0.25) is 4.90 Å². The summed E-state index contributed by atoms with van der Waals surface area (Å²) in [7, 11) is 2.02. The molecule has 2 unspecified atom stereocenters. The lowest BCUT2D eigenvalue weighted by Gasteiger charge is -2.38. The van der Waals surface area contributed by atoms with Crippen LogP contribution in [0.4, 0.5) is 30.5 Å². The second-order valence-corrected chi connectivity index (χ2v) is 11.0. The smallest absolute Gasteiger partial charge is 0.395 e. The summed E-state index contributed by atoms with van der Waals surface area (Å²) in [5.74, 6) is 0.133. The molecule has 5 rings (SSSR count). The number of alkyl halides is 3. The molecule has 0 radical (unpaired) electrons. The summed E-state index contributed by atoms with van der Waals surface area (Å²) in [6.07, 6.45) is -3.00. The van der Waals surface area contributed by atoms with Crippen molar-refractivity contribution >= 4 is 17.3 Å². The van der Waals surface area contributed by atoms with Crippen molar-refractivity contribution in [2.45, 2.75) is 38.0 Å². The second kappa shape index (κ2) is 10.7. The Bertz CT molecular complexity index is 1450. The third kappa shape index (κ3) is 5.47. The van der Waals surface area contributed by atoms with Crippen molar-refractivity contribution < 1.29 is 18.3 Å². The quantitative estimate of drug-likeness (QED) is 0.409. The summed E-state index contributed by atoms with van der Waals surface area (Å²) >= 11 is 0. The minimum Gasteiger partial charge on any atom is -0.395 e. The van der Waals surface area contributed by atoms with Crippen molar-refractivity contribution in [3.8, 4) is 17.3 Å². The van der Waals surface area contributed by atoms with E-state index in [-0.39, 0.29) is 36.4 Å². The highest BCUT2D eigenvalue weighted by Crippen LogP contribution is 2.41. The van der Waals surface area contributed by atoms with Gasteiger partial charge >= 0.3 is 6.18 Å². The lowest BCUT2D eigenvalue weighted by Crippen LogP contribution is -2.49. The molecule has 3 heterocycles. The van der Waals surface area contributed by atoms with Crippen molar-refractivity contribution in [1.82, 2.24) is 19.8 Å². The molecule has 1 saturated heterocycles. The third-order valence-electron chi connectivity index (χ3n) is 7.97. The number of piperazine rings is 1. The molecule has 2 aliphatic rings. The molecule has 8 nitrogen and oxygen atoms in total. The van der Waals surface area contributed by atoms with Gasteiger partial charge in [-0.1, -0.05) is 13.0 Å². The number of fused-ring (bicyclic) bond motifs is 1. The van der Waals surface area contributed by atoms with Crippen LogP contribution in [0.1, 0.15) is 36.1 Å². The predicted octanol–water partition coefficient (Wildman–Crippen LogP) is 4.59. The third-order valence-corrected chi connectivity index (χ3v) is 7.97. The van der Waals surface area contributed by atoms with Crippen LogP contribution in [0.15, 0.2) is 42.6 Å². The summed E-state index contributed by atoms with van der Waals surface area (Å²) in [5.41, 5.74) is 2.31. The maximum atomic E-state index is 14.1. The molecule has 2 aromatic carbocycles. The van der Waals surface area contributed by atoms with Gasteiger partial charge in [-0.15, -0.1) is 0 Å². The molecular formula is C29H32F3N7O. The average Bonchev–Trinajstić information content (AvgIpc) is 3.27. The van der Waals surface area contributed by atoms with Crippen molar-refractivity contribution in [2.24, 2.45) is 0 Å². The number of nitriles is 1. The number of nitrogens with zero attached hydrogens (tertiary/aromatic N) is 5. The number of rotatable bonds is 6. The number of halogens is 3. The molecule has 1 aromatic heterocycles. The largest absolute Gasteiger partial charge is 0.416 e. The van der Waals surface area contributed by atoms with Gasteiger partial charge in [-0.25, -0.2) is 9.97 Å². The minimum atomic E-state index is -4.51. The number of aliphatic hydroxyl groups is 1. The highest BCUT2D eigenvalue weighted by Gasteiger charge is 2.36. The predicted molar refractivity (Wildman–Crippen MR) is 147 cm³/mol. The van der Waals surface area contributed by atoms with Crippen LogP contribution in [-0.2, 0) is 18.1 Å². The van der Waals surface area contributed by atoms with Crippen molar-refractivity contribution in [3.05, 3.63) is 64.8 Å². The van der Waals surface area contributed by atoms with Crippen LogP contribution in [0.5, 0.6) is 0 Å². The first-order valence-corrected chi connectivity index (χ1v) is 13.2. The van der Waals surface area contributed by atoms with E-state index in [9.17, 15) is 23.5 Å². The van der Waals surface area contributed by atoms with E-state index in [1.807, 2.05) is 20.0 Å². The number of likely N-dealkylation sites (N-methyl/N-ethyl adjacent to an activating group) is 1. The molecule has 2 aliphatic heterocycles. The number of nitrogens with one attached hydrogen (secondary N) is 2. The highest BCUT2D eigenvalue weighted by molar-refractivity contribution is 5.76. The highest BCUT2D eigenvalue weighted by atomic mass is 19.4. The van der Waals surface area contributed by atoms with E-state index >= 15 is 0 Å². The van der Waals surface area contributed by atoms with E-state index < -0.39 is 17.2 Å². The van der Waals surface area contributed by atoms with Crippen LogP contribution < -0.4 is 10.6 Å². The van der Waals surface area contributed by atoms with Crippen molar-refractivity contribution in [2.75, 3.05) is 50.5 Å². The van der Waals surface area contributed by atoms with Gasteiger partial charge in [0.2, 0.25) is 5.95 Å². The summed E-state index contributed by atoms with van der Waals surface area (Å²) in [6.45, 7) is 6.84. The maximum absolute atomic E-state index is 14.1. The van der Waals surface area contributed by atoms with E-state index in [0.29, 0.717) is 42.1 Å². The zero-order valence-corrected chi connectivity index (χ0v) is 22.7. The zero-order chi connectivity index (χ0) is 28.7. The van der Waals surface area contributed by atoms with Gasteiger partial charge in [0.05, 0.1) is 29.1 Å².